The maximum atomic E-state index is 13.7. The van der Waals surface area contributed by atoms with Crippen molar-refractivity contribution in [3.05, 3.63) is 65.5 Å². The number of fused-ring (bicyclic) bond motifs is 1. The van der Waals surface area contributed by atoms with Crippen LogP contribution in [0.1, 0.15) is 54.1 Å². The minimum atomic E-state index is -0.775. The highest BCUT2D eigenvalue weighted by Gasteiger charge is 2.50. The summed E-state index contributed by atoms with van der Waals surface area (Å²) in [6, 6.07) is 13.2. The average molecular weight is 383 g/mol. The lowest BCUT2D eigenvalue weighted by molar-refractivity contribution is -0.115. The van der Waals surface area contributed by atoms with E-state index in [9.17, 15) is 14.3 Å². The number of carbonyl (C=O) groups excluding carboxylic acids is 1. The van der Waals surface area contributed by atoms with E-state index in [4.69, 9.17) is 4.74 Å². The second kappa shape index (κ2) is 7.55. The fourth-order valence-corrected chi connectivity index (χ4v) is 4.99. The van der Waals surface area contributed by atoms with Crippen molar-refractivity contribution in [1.29, 1.82) is 0 Å². The molecular weight excluding hydrogens is 357 g/mol. The quantitative estimate of drug-likeness (QED) is 0.858. The molecule has 1 saturated heterocycles. The number of benzene rings is 2. The molecule has 2 aromatic carbocycles. The van der Waals surface area contributed by atoms with E-state index in [1.807, 2.05) is 24.3 Å². The summed E-state index contributed by atoms with van der Waals surface area (Å²) >= 11 is 0. The van der Waals surface area contributed by atoms with Gasteiger partial charge >= 0.3 is 0 Å². The van der Waals surface area contributed by atoms with Crippen LogP contribution in [0.15, 0.2) is 48.5 Å². The minimum absolute atomic E-state index is 0.0659. The lowest BCUT2D eigenvalue weighted by atomic mass is 9.66. The zero-order chi connectivity index (χ0) is 19.7. The molecule has 1 aliphatic heterocycles. The molecule has 4 rings (SSSR count). The van der Waals surface area contributed by atoms with Crippen LogP contribution >= 0.6 is 0 Å². The SMILES string of the molecule is COc1ccccc1C1C2CCCCC2(O)CCN1C(=O)c1cccc(F)c1. The molecule has 2 aromatic rings. The molecule has 1 N–H and O–H groups in total. The van der Waals surface area contributed by atoms with Gasteiger partial charge in [-0.05, 0) is 43.5 Å². The third-order valence-electron chi connectivity index (χ3n) is 6.36. The third-order valence-corrected chi connectivity index (χ3v) is 6.36. The number of para-hydroxylation sites is 1. The van der Waals surface area contributed by atoms with Gasteiger partial charge in [0.25, 0.3) is 5.91 Å². The number of aliphatic hydroxyl groups is 1. The summed E-state index contributed by atoms with van der Waals surface area (Å²) in [5.41, 5.74) is 0.462. The van der Waals surface area contributed by atoms with Crippen LogP contribution < -0.4 is 4.74 Å². The van der Waals surface area contributed by atoms with E-state index < -0.39 is 11.4 Å². The molecule has 1 saturated carbocycles. The van der Waals surface area contributed by atoms with Gasteiger partial charge in [-0.15, -0.1) is 0 Å². The Kier molecular flexibility index (Phi) is 5.11. The summed E-state index contributed by atoms with van der Waals surface area (Å²) < 4.78 is 19.3. The van der Waals surface area contributed by atoms with Crippen LogP contribution in [0, 0.1) is 11.7 Å². The average Bonchev–Trinajstić information content (AvgIpc) is 2.72. The van der Waals surface area contributed by atoms with Crippen molar-refractivity contribution in [2.24, 2.45) is 5.92 Å². The highest BCUT2D eigenvalue weighted by molar-refractivity contribution is 5.94. The van der Waals surface area contributed by atoms with E-state index in [1.165, 1.54) is 12.1 Å². The first kappa shape index (κ1) is 18.9. The Morgan fingerprint density at radius 3 is 2.79 bits per heavy atom. The molecule has 0 aromatic heterocycles. The van der Waals surface area contributed by atoms with Crippen molar-refractivity contribution in [3.8, 4) is 5.75 Å². The molecule has 1 aliphatic carbocycles. The molecule has 2 aliphatic rings. The molecule has 4 nitrogen and oxygen atoms in total. The third kappa shape index (κ3) is 3.28. The fraction of sp³-hybridized carbons (Fsp3) is 0.435. The zero-order valence-electron chi connectivity index (χ0n) is 16.1. The summed E-state index contributed by atoms with van der Waals surface area (Å²) in [5.74, 6) is 0.0112. The Balaban J connectivity index is 1.79. The Bertz CT molecular complexity index is 870. The topological polar surface area (TPSA) is 49.8 Å². The van der Waals surface area contributed by atoms with Crippen LogP contribution in [0.25, 0.3) is 0 Å². The van der Waals surface area contributed by atoms with Crippen LogP contribution in [-0.4, -0.2) is 35.2 Å². The molecule has 1 amide bonds. The van der Waals surface area contributed by atoms with Crippen molar-refractivity contribution in [3.63, 3.8) is 0 Å². The van der Waals surface area contributed by atoms with Gasteiger partial charge in [0.1, 0.15) is 11.6 Å². The van der Waals surface area contributed by atoms with Crippen LogP contribution in [0.5, 0.6) is 5.75 Å². The van der Waals surface area contributed by atoms with Gasteiger partial charge in [-0.25, -0.2) is 4.39 Å². The monoisotopic (exact) mass is 383 g/mol. The lowest BCUT2D eigenvalue weighted by Gasteiger charge is -2.52. The number of ether oxygens (including phenoxy) is 1. The van der Waals surface area contributed by atoms with E-state index in [-0.39, 0.29) is 17.9 Å². The first-order chi connectivity index (χ1) is 13.5. The van der Waals surface area contributed by atoms with E-state index in [0.717, 1.165) is 31.2 Å². The van der Waals surface area contributed by atoms with Crippen LogP contribution in [0.3, 0.4) is 0 Å². The number of rotatable bonds is 3. The Morgan fingerprint density at radius 1 is 1.18 bits per heavy atom. The second-order valence-corrected chi connectivity index (χ2v) is 7.90. The lowest BCUT2D eigenvalue weighted by Crippen LogP contribution is -2.56. The minimum Gasteiger partial charge on any atom is -0.496 e. The molecule has 3 unspecified atom stereocenters. The van der Waals surface area contributed by atoms with Gasteiger partial charge in [0.05, 0.1) is 18.8 Å². The number of nitrogens with zero attached hydrogens (tertiary/aromatic N) is 1. The number of carbonyl (C=O) groups is 1. The Morgan fingerprint density at radius 2 is 2.00 bits per heavy atom. The molecule has 1 heterocycles. The summed E-state index contributed by atoms with van der Waals surface area (Å²) in [5, 5.41) is 11.4. The number of piperidine rings is 1. The van der Waals surface area contributed by atoms with Crippen LogP contribution in [-0.2, 0) is 0 Å². The van der Waals surface area contributed by atoms with E-state index in [2.05, 4.69) is 0 Å². The summed E-state index contributed by atoms with van der Waals surface area (Å²) in [6.45, 7) is 0.436. The Labute approximate surface area is 164 Å². The predicted molar refractivity (Wildman–Crippen MR) is 105 cm³/mol. The van der Waals surface area contributed by atoms with Crippen LogP contribution in [0.4, 0.5) is 4.39 Å². The number of amides is 1. The van der Waals surface area contributed by atoms with Crippen molar-refractivity contribution >= 4 is 5.91 Å². The normalized spacial score (nSPS) is 27.2. The van der Waals surface area contributed by atoms with E-state index in [1.54, 1.807) is 24.1 Å². The molecule has 5 heteroatoms. The van der Waals surface area contributed by atoms with Crippen molar-refractivity contribution < 1.29 is 19.0 Å². The fourth-order valence-electron chi connectivity index (χ4n) is 4.99. The second-order valence-electron chi connectivity index (χ2n) is 7.90. The summed E-state index contributed by atoms with van der Waals surface area (Å²) in [7, 11) is 1.62. The standard InChI is InChI=1S/C23H26FNO3/c1-28-20-11-3-2-9-18(20)21-19-10-4-5-12-23(19,27)13-14-25(21)22(26)16-7-6-8-17(24)15-16/h2-3,6-9,11,15,19,21,27H,4-5,10,12-14H2,1H3. The largest absolute Gasteiger partial charge is 0.496 e. The molecule has 0 bridgehead atoms. The highest BCUT2D eigenvalue weighted by Crippen LogP contribution is 2.51. The first-order valence-corrected chi connectivity index (χ1v) is 9.95. The first-order valence-electron chi connectivity index (χ1n) is 9.95. The maximum Gasteiger partial charge on any atom is 0.254 e. The smallest absolute Gasteiger partial charge is 0.254 e. The van der Waals surface area contributed by atoms with Gasteiger partial charge in [0, 0.05) is 23.6 Å². The molecule has 2 fully saturated rings. The van der Waals surface area contributed by atoms with Crippen LogP contribution in [0.2, 0.25) is 0 Å². The summed E-state index contributed by atoms with van der Waals surface area (Å²) in [4.78, 5) is 15.2. The number of methoxy groups -OCH3 is 1. The molecule has 0 spiro atoms. The van der Waals surface area contributed by atoms with Crippen molar-refractivity contribution in [1.82, 2.24) is 4.90 Å². The van der Waals surface area contributed by atoms with Gasteiger partial charge in [-0.3, -0.25) is 4.79 Å². The van der Waals surface area contributed by atoms with Gasteiger partial charge in [-0.2, -0.15) is 0 Å². The zero-order valence-corrected chi connectivity index (χ0v) is 16.1. The predicted octanol–water partition coefficient (Wildman–Crippen LogP) is 4.34. The number of hydrogen-bond donors (Lipinski definition) is 1. The van der Waals surface area contributed by atoms with Gasteiger partial charge in [-0.1, -0.05) is 37.1 Å². The molecular formula is C23H26FNO3. The van der Waals surface area contributed by atoms with E-state index in [0.29, 0.717) is 24.3 Å². The summed E-state index contributed by atoms with van der Waals surface area (Å²) in [6.07, 6.45) is 4.19. The molecule has 28 heavy (non-hydrogen) atoms. The number of hydrogen-bond acceptors (Lipinski definition) is 3. The number of halogens is 1. The van der Waals surface area contributed by atoms with E-state index >= 15 is 0 Å². The molecule has 0 radical (unpaired) electrons. The van der Waals surface area contributed by atoms with Gasteiger partial charge in [0.2, 0.25) is 0 Å². The van der Waals surface area contributed by atoms with Crippen molar-refractivity contribution in [2.45, 2.75) is 43.7 Å². The number of likely N-dealkylation sites (tertiary alicyclic amines) is 1. The molecule has 148 valence electrons. The maximum absolute atomic E-state index is 13.7. The van der Waals surface area contributed by atoms with Gasteiger partial charge in [0.15, 0.2) is 0 Å². The Hall–Kier alpha value is -2.40. The van der Waals surface area contributed by atoms with Gasteiger partial charge < -0.3 is 14.7 Å². The highest BCUT2D eigenvalue weighted by atomic mass is 19.1. The molecule has 3 atom stereocenters. The van der Waals surface area contributed by atoms with Crippen molar-refractivity contribution in [2.75, 3.05) is 13.7 Å².